The van der Waals surface area contributed by atoms with E-state index in [1.165, 1.54) is 0 Å². The Morgan fingerprint density at radius 3 is 2.93 bits per heavy atom. The molecule has 0 fully saturated rings. The molecule has 3 heteroatoms. The van der Waals surface area contributed by atoms with Gasteiger partial charge in [-0.1, -0.05) is 0 Å². The van der Waals surface area contributed by atoms with E-state index in [-0.39, 0.29) is 0 Å². The van der Waals surface area contributed by atoms with Crippen LogP contribution in [-0.4, -0.2) is 28.4 Å². The summed E-state index contributed by atoms with van der Waals surface area (Å²) in [5, 5.41) is 0. The number of rotatable bonds is 2. The summed E-state index contributed by atoms with van der Waals surface area (Å²) >= 11 is 0. The number of fused-ring (bicyclic) bond motifs is 1. The zero-order valence-electron chi connectivity index (χ0n) is 8.86. The molecule has 0 unspecified atom stereocenters. The molecule has 3 nitrogen and oxygen atoms in total. The highest BCUT2D eigenvalue weighted by Gasteiger charge is 2.07. The van der Waals surface area contributed by atoms with Gasteiger partial charge < -0.3 is 9.30 Å². The molecule has 0 atom stereocenters. The fourth-order valence-electron chi connectivity index (χ4n) is 1.63. The Morgan fingerprint density at radius 1 is 1.47 bits per heavy atom. The fraction of sp³-hybridized carbons (Fsp3) is 0.250. The molecule has 2 aromatic rings. The predicted molar refractivity (Wildman–Crippen MR) is 58.8 cm³/mol. The summed E-state index contributed by atoms with van der Waals surface area (Å²) in [4.78, 5) is 6.28. The highest BCUT2D eigenvalue weighted by Crippen LogP contribution is 2.14. The highest BCUT2D eigenvalue weighted by molar-refractivity contribution is 5.59. The minimum atomic E-state index is 0.774. The van der Waals surface area contributed by atoms with Crippen LogP contribution in [0.15, 0.2) is 24.7 Å². The summed E-state index contributed by atoms with van der Waals surface area (Å²) in [5.41, 5.74) is 2.65. The van der Waals surface area contributed by atoms with Gasteiger partial charge in [-0.25, -0.2) is 4.98 Å². The zero-order valence-corrected chi connectivity index (χ0v) is 8.86. The van der Waals surface area contributed by atoms with E-state index in [2.05, 4.69) is 15.8 Å². The molecule has 0 aliphatic carbocycles. The van der Waals surface area contributed by atoms with E-state index < -0.39 is 0 Å². The van der Waals surface area contributed by atoms with E-state index in [9.17, 15) is 0 Å². The number of aromatic nitrogens is 2. The van der Waals surface area contributed by atoms with Crippen LogP contribution in [0, 0.1) is 12.3 Å². The number of pyridine rings is 1. The standard InChI is InChI=1S/C12H12N3/c1-4-11-10(9-14(2)3)5-7-15-8-6-13-12(11)15/h5-8H,9H2,2-3H3. The van der Waals surface area contributed by atoms with Gasteiger partial charge >= 0.3 is 0 Å². The first-order chi connectivity index (χ1) is 7.22. The molecule has 15 heavy (non-hydrogen) atoms. The van der Waals surface area contributed by atoms with Crippen molar-refractivity contribution in [2.45, 2.75) is 6.54 Å². The molecule has 1 radical (unpaired) electrons. The summed E-state index contributed by atoms with van der Waals surface area (Å²) in [7, 11) is 4.01. The molecule has 2 heterocycles. The van der Waals surface area contributed by atoms with Crippen LogP contribution in [0.3, 0.4) is 0 Å². The summed E-state index contributed by atoms with van der Waals surface area (Å²) in [5.74, 6) is 2.47. The Bertz CT molecular complexity index is 517. The molecule has 2 rings (SSSR count). The Morgan fingerprint density at radius 2 is 2.27 bits per heavy atom. The zero-order chi connectivity index (χ0) is 10.8. The largest absolute Gasteiger partial charge is 0.306 e. The third kappa shape index (κ3) is 1.72. The van der Waals surface area contributed by atoms with Gasteiger partial charge in [0.1, 0.15) is 0 Å². The lowest BCUT2D eigenvalue weighted by Crippen LogP contribution is -2.12. The second-order valence-electron chi connectivity index (χ2n) is 3.74. The fourth-order valence-corrected chi connectivity index (χ4v) is 1.63. The van der Waals surface area contributed by atoms with Crippen molar-refractivity contribution in [1.82, 2.24) is 14.3 Å². The Hall–Kier alpha value is -1.79. The van der Waals surface area contributed by atoms with Crippen LogP contribution in [0.25, 0.3) is 5.65 Å². The molecule has 0 amide bonds. The minimum Gasteiger partial charge on any atom is -0.306 e. The lowest BCUT2D eigenvalue weighted by atomic mass is 10.1. The first kappa shape index (κ1) is 9.75. The van der Waals surface area contributed by atoms with Gasteiger partial charge in [0, 0.05) is 25.1 Å². The van der Waals surface area contributed by atoms with Crippen molar-refractivity contribution in [3.63, 3.8) is 0 Å². The van der Waals surface area contributed by atoms with Crippen LogP contribution in [0.1, 0.15) is 11.1 Å². The molecule has 75 valence electrons. The van der Waals surface area contributed by atoms with E-state index in [0.29, 0.717) is 0 Å². The van der Waals surface area contributed by atoms with Gasteiger partial charge in [-0.2, -0.15) is 0 Å². The van der Waals surface area contributed by atoms with Crippen molar-refractivity contribution >= 4 is 5.65 Å². The number of hydrogen-bond acceptors (Lipinski definition) is 2. The molecule has 0 aliphatic heterocycles. The van der Waals surface area contributed by atoms with Crippen molar-refractivity contribution in [2.24, 2.45) is 0 Å². The van der Waals surface area contributed by atoms with E-state index in [4.69, 9.17) is 6.42 Å². The third-order valence-corrected chi connectivity index (χ3v) is 2.26. The van der Waals surface area contributed by atoms with Crippen LogP contribution in [0.5, 0.6) is 0 Å². The van der Waals surface area contributed by atoms with Gasteiger partial charge in [0.05, 0.1) is 5.56 Å². The third-order valence-electron chi connectivity index (χ3n) is 2.26. The topological polar surface area (TPSA) is 20.5 Å². The summed E-state index contributed by atoms with van der Waals surface area (Å²) in [6.45, 7) is 0.796. The van der Waals surface area contributed by atoms with Gasteiger partial charge in [0.2, 0.25) is 0 Å². The van der Waals surface area contributed by atoms with Gasteiger partial charge in [0.25, 0.3) is 0 Å². The van der Waals surface area contributed by atoms with Crippen LogP contribution in [0.4, 0.5) is 0 Å². The van der Waals surface area contributed by atoms with Gasteiger partial charge in [0.15, 0.2) is 5.65 Å². The van der Waals surface area contributed by atoms with Crippen LogP contribution < -0.4 is 0 Å². The molecular weight excluding hydrogens is 186 g/mol. The SMILES string of the molecule is [C]#Cc1c(CN(C)C)ccn2ccnc12. The monoisotopic (exact) mass is 198 g/mol. The molecule has 0 bridgehead atoms. The van der Waals surface area contributed by atoms with Crippen LogP contribution in [-0.2, 0) is 6.54 Å². The summed E-state index contributed by atoms with van der Waals surface area (Å²) in [6.07, 6.45) is 12.9. The predicted octanol–water partition coefficient (Wildman–Crippen LogP) is 1.33. The van der Waals surface area contributed by atoms with Crippen molar-refractivity contribution in [3.05, 3.63) is 42.2 Å². The molecule has 0 saturated carbocycles. The van der Waals surface area contributed by atoms with Crippen molar-refractivity contribution < 1.29 is 0 Å². The summed E-state index contributed by atoms with van der Waals surface area (Å²) in [6, 6.07) is 2.01. The van der Waals surface area contributed by atoms with Crippen LogP contribution in [0.2, 0.25) is 0 Å². The maximum absolute atomic E-state index is 7.33. The second kappa shape index (κ2) is 3.76. The minimum absolute atomic E-state index is 0.774. The molecule has 0 N–H and O–H groups in total. The number of hydrogen-bond donors (Lipinski definition) is 0. The number of imidazole rings is 1. The molecular formula is C12H12N3. The smallest absolute Gasteiger partial charge is 0.152 e. The van der Waals surface area contributed by atoms with Crippen molar-refractivity contribution in [1.29, 1.82) is 0 Å². The van der Waals surface area contributed by atoms with E-state index in [1.54, 1.807) is 6.20 Å². The highest BCUT2D eigenvalue weighted by atomic mass is 15.1. The quantitative estimate of drug-likeness (QED) is 0.679. The molecule has 0 saturated heterocycles. The maximum Gasteiger partial charge on any atom is 0.152 e. The van der Waals surface area contributed by atoms with Gasteiger partial charge in [-0.15, -0.1) is 0 Å². The number of nitrogens with zero attached hydrogens (tertiary/aromatic N) is 3. The van der Waals surface area contributed by atoms with Crippen LogP contribution >= 0.6 is 0 Å². The molecule has 0 aliphatic rings. The van der Waals surface area contributed by atoms with E-state index in [0.717, 1.165) is 23.3 Å². The maximum atomic E-state index is 7.33. The Labute approximate surface area is 89.4 Å². The first-order valence-electron chi connectivity index (χ1n) is 4.74. The Kier molecular flexibility index (Phi) is 2.44. The van der Waals surface area contributed by atoms with E-state index in [1.807, 2.05) is 37.0 Å². The average molecular weight is 198 g/mol. The summed E-state index contributed by atoms with van der Waals surface area (Å²) < 4.78 is 1.90. The van der Waals surface area contributed by atoms with Gasteiger partial charge in [-0.3, -0.25) is 0 Å². The molecule has 0 spiro atoms. The molecule has 2 aromatic heterocycles. The van der Waals surface area contributed by atoms with Crippen molar-refractivity contribution in [3.8, 4) is 5.92 Å². The molecule has 0 aromatic carbocycles. The lowest BCUT2D eigenvalue weighted by molar-refractivity contribution is 0.402. The first-order valence-corrected chi connectivity index (χ1v) is 4.74. The lowest BCUT2D eigenvalue weighted by Gasteiger charge is -2.11. The average Bonchev–Trinajstić information content (AvgIpc) is 2.64. The second-order valence-corrected chi connectivity index (χ2v) is 3.74. The Balaban J connectivity index is 2.60. The van der Waals surface area contributed by atoms with Gasteiger partial charge in [-0.05, 0) is 38.1 Å². The van der Waals surface area contributed by atoms with E-state index >= 15 is 0 Å². The van der Waals surface area contributed by atoms with Crippen molar-refractivity contribution in [2.75, 3.05) is 14.1 Å². The normalized spacial score (nSPS) is 10.8.